The minimum Gasteiger partial charge on any atom is -0.361 e. The Labute approximate surface area is 117 Å². The van der Waals surface area contributed by atoms with Gasteiger partial charge in [0.15, 0.2) is 5.69 Å². The summed E-state index contributed by atoms with van der Waals surface area (Å²) in [7, 11) is 0. The molecule has 0 aliphatic heterocycles. The summed E-state index contributed by atoms with van der Waals surface area (Å²) < 4.78 is 0. The fourth-order valence-corrected chi connectivity index (χ4v) is 2.12. The van der Waals surface area contributed by atoms with Crippen molar-refractivity contribution in [3.8, 4) is 0 Å². The van der Waals surface area contributed by atoms with Crippen LogP contribution in [0.2, 0.25) is 0 Å². The maximum Gasteiger partial charge on any atom is 0.299 e. The highest BCUT2D eigenvalue weighted by Crippen LogP contribution is 2.38. The molecule has 0 heterocycles. The Morgan fingerprint density at radius 2 is 1.60 bits per heavy atom. The van der Waals surface area contributed by atoms with Gasteiger partial charge in [-0.3, -0.25) is 20.2 Å². The van der Waals surface area contributed by atoms with E-state index >= 15 is 0 Å². The number of hydrogen-bond donors (Lipinski definition) is 0. The van der Waals surface area contributed by atoms with E-state index in [1.165, 1.54) is 12.1 Å². The molecule has 0 fully saturated rings. The number of unbranched alkanes of at least 4 members (excludes halogenated alkanes) is 1. The van der Waals surface area contributed by atoms with Crippen molar-refractivity contribution in [3.05, 3.63) is 37.9 Å². The van der Waals surface area contributed by atoms with Crippen LogP contribution in [0.4, 0.5) is 17.1 Å². The van der Waals surface area contributed by atoms with Gasteiger partial charge in [-0.25, -0.2) is 0 Å². The number of nitrogens with zero attached hydrogens (tertiary/aromatic N) is 3. The van der Waals surface area contributed by atoms with Gasteiger partial charge in [-0.2, -0.15) is 0 Å². The van der Waals surface area contributed by atoms with E-state index in [4.69, 9.17) is 0 Å². The number of nitro groups is 2. The standard InChI is InChI=1S/C13H19N3O4/c1-4-6-7-14(5-2)13-11(15(17)18)8-10(3)9-12(13)16(19)20/h8-9H,4-7H2,1-3H3. The van der Waals surface area contributed by atoms with Crippen LogP contribution in [-0.4, -0.2) is 22.9 Å². The summed E-state index contributed by atoms with van der Waals surface area (Å²) in [4.78, 5) is 23.0. The molecule has 0 spiro atoms. The SMILES string of the molecule is CCCCN(CC)c1c([N+](=O)[O-])cc(C)cc1[N+](=O)[O-]. The van der Waals surface area contributed by atoms with E-state index in [2.05, 4.69) is 0 Å². The molecule has 0 aliphatic carbocycles. The summed E-state index contributed by atoms with van der Waals surface area (Å²) in [5.74, 6) is 0. The Hall–Kier alpha value is -2.18. The monoisotopic (exact) mass is 281 g/mol. The Kier molecular flexibility index (Phi) is 5.42. The van der Waals surface area contributed by atoms with Crippen LogP contribution in [0.15, 0.2) is 12.1 Å². The highest BCUT2D eigenvalue weighted by molar-refractivity contribution is 5.76. The van der Waals surface area contributed by atoms with Gasteiger partial charge < -0.3 is 4.90 Å². The average molecular weight is 281 g/mol. The van der Waals surface area contributed by atoms with Crippen LogP contribution in [0.1, 0.15) is 32.3 Å². The highest BCUT2D eigenvalue weighted by Gasteiger charge is 2.29. The molecule has 0 aromatic heterocycles. The normalized spacial score (nSPS) is 10.3. The molecule has 1 aromatic carbocycles. The highest BCUT2D eigenvalue weighted by atomic mass is 16.6. The van der Waals surface area contributed by atoms with Crippen molar-refractivity contribution < 1.29 is 9.85 Å². The summed E-state index contributed by atoms with van der Waals surface area (Å²) in [5.41, 5.74) is 0.226. The van der Waals surface area contributed by atoms with Crippen molar-refractivity contribution in [2.75, 3.05) is 18.0 Å². The molecule has 110 valence electrons. The van der Waals surface area contributed by atoms with Crippen molar-refractivity contribution in [1.29, 1.82) is 0 Å². The smallest absolute Gasteiger partial charge is 0.299 e. The molecule has 1 rings (SSSR count). The first-order valence-corrected chi connectivity index (χ1v) is 6.60. The summed E-state index contributed by atoms with van der Waals surface area (Å²) in [6, 6.07) is 2.77. The Balaban J connectivity index is 3.45. The van der Waals surface area contributed by atoms with E-state index < -0.39 is 9.85 Å². The predicted octanol–water partition coefficient (Wildman–Crippen LogP) is 3.44. The van der Waals surface area contributed by atoms with Crippen molar-refractivity contribution in [2.45, 2.75) is 33.6 Å². The molecular formula is C13H19N3O4. The zero-order chi connectivity index (χ0) is 15.3. The molecule has 0 saturated heterocycles. The van der Waals surface area contributed by atoms with Gasteiger partial charge in [0.05, 0.1) is 9.85 Å². The van der Waals surface area contributed by atoms with Gasteiger partial charge in [-0.15, -0.1) is 0 Å². The third kappa shape index (κ3) is 3.43. The summed E-state index contributed by atoms with van der Waals surface area (Å²) >= 11 is 0. The second kappa shape index (κ2) is 6.83. The van der Waals surface area contributed by atoms with Crippen LogP contribution in [-0.2, 0) is 0 Å². The van der Waals surface area contributed by atoms with Crippen molar-refractivity contribution in [1.82, 2.24) is 0 Å². The van der Waals surface area contributed by atoms with E-state index in [9.17, 15) is 20.2 Å². The summed E-state index contributed by atoms with van der Waals surface area (Å²) in [6.45, 7) is 6.52. The van der Waals surface area contributed by atoms with Crippen LogP contribution in [0.5, 0.6) is 0 Å². The van der Waals surface area contributed by atoms with Gasteiger partial charge in [0.25, 0.3) is 11.4 Å². The van der Waals surface area contributed by atoms with E-state index in [1.807, 2.05) is 13.8 Å². The summed E-state index contributed by atoms with van der Waals surface area (Å²) in [6.07, 6.45) is 1.75. The molecule has 1 aromatic rings. The first kappa shape index (κ1) is 15.9. The van der Waals surface area contributed by atoms with Gasteiger partial charge >= 0.3 is 0 Å². The molecule has 0 amide bonds. The molecule has 0 atom stereocenters. The quantitative estimate of drug-likeness (QED) is 0.564. The third-order valence-electron chi connectivity index (χ3n) is 3.09. The van der Waals surface area contributed by atoms with Gasteiger partial charge in [0.1, 0.15) is 0 Å². The lowest BCUT2D eigenvalue weighted by Crippen LogP contribution is -2.25. The first-order valence-electron chi connectivity index (χ1n) is 6.60. The number of benzene rings is 1. The topological polar surface area (TPSA) is 89.5 Å². The molecule has 0 unspecified atom stereocenters. The first-order chi connectivity index (χ1) is 9.42. The van der Waals surface area contributed by atoms with E-state index in [1.54, 1.807) is 11.8 Å². The average Bonchev–Trinajstić information content (AvgIpc) is 2.39. The molecular weight excluding hydrogens is 262 g/mol. The molecule has 0 aliphatic rings. The zero-order valence-electron chi connectivity index (χ0n) is 12.0. The second-order valence-corrected chi connectivity index (χ2v) is 4.60. The second-order valence-electron chi connectivity index (χ2n) is 4.60. The van der Waals surface area contributed by atoms with Gasteiger partial charge in [-0.05, 0) is 25.8 Å². The van der Waals surface area contributed by atoms with Crippen LogP contribution in [0, 0.1) is 27.2 Å². The minimum atomic E-state index is -0.552. The zero-order valence-corrected chi connectivity index (χ0v) is 12.0. The van der Waals surface area contributed by atoms with E-state index in [0.717, 1.165) is 12.8 Å². The number of nitro benzene ring substituents is 2. The fourth-order valence-electron chi connectivity index (χ4n) is 2.12. The molecule has 20 heavy (non-hydrogen) atoms. The largest absolute Gasteiger partial charge is 0.361 e. The van der Waals surface area contributed by atoms with Gasteiger partial charge in [-0.1, -0.05) is 13.3 Å². The van der Waals surface area contributed by atoms with Crippen molar-refractivity contribution in [3.63, 3.8) is 0 Å². The predicted molar refractivity (Wildman–Crippen MR) is 77.3 cm³/mol. The number of hydrogen-bond acceptors (Lipinski definition) is 5. The number of anilines is 1. The summed E-state index contributed by atoms with van der Waals surface area (Å²) in [5, 5.41) is 22.4. The van der Waals surface area contributed by atoms with Crippen LogP contribution in [0.25, 0.3) is 0 Å². The van der Waals surface area contributed by atoms with Crippen LogP contribution < -0.4 is 4.90 Å². The molecule has 0 bridgehead atoms. The van der Waals surface area contributed by atoms with Crippen LogP contribution >= 0.6 is 0 Å². The Morgan fingerprint density at radius 1 is 1.10 bits per heavy atom. The maximum atomic E-state index is 11.2. The van der Waals surface area contributed by atoms with E-state index in [0.29, 0.717) is 18.7 Å². The minimum absolute atomic E-state index is 0.113. The molecule has 7 nitrogen and oxygen atoms in total. The lowest BCUT2D eigenvalue weighted by Gasteiger charge is -2.22. The van der Waals surface area contributed by atoms with Gasteiger partial charge in [0, 0.05) is 25.2 Å². The Morgan fingerprint density at radius 3 is 1.95 bits per heavy atom. The third-order valence-corrected chi connectivity index (χ3v) is 3.09. The van der Waals surface area contributed by atoms with E-state index in [-0.39, 0.29) is 17.1 Å². The number of rotatable bonds is 7. The van der Waals surface area contributed by atoms with Crippen molar-refractivity contribution >= 4 is 17.1 Å². The molecule has 0 N–H and O–H groups in total. The lowest BCUT2D eigenvalue weighted by atomic mass is 10.1. The Bertz CT molecular complexity index is 481. The lowest BCUT2D eigenvalue weighted by molar-refractivity contribution is -0.392. The van der Waals surface area contributed by atoms with Gasteiger partial charge in [0.2, 0.25) is 0 Å². The molecule has 7 heteroatoms. The van der Waals surface area contributed by atoms with Crippen LogP contribution in [0.3, 0.4) is 0 Å². The molecule has 0 radical (unpaired) electrons. The van der Waals surface area contributed by atoms with Crippen molar-refractivity contribution in [2.24, 2.45) is 0 Å². The molecule has 0 saturated carbocycles. The number of aryl methyl sites for hydroxylation is 1. The fraction of sp³-hybridized carbons (Fsp3) is 0.538. The maximum absolute atomic E-state index is 11.2.